The summed E-state index contributed by atoms with van der Waals surface area (Å²) >= 11 is 1.74. The van der Waals surface area contributed by atoms with Crippen LogP contribution in [-0.2, 0) is 5.75 Å². The highest BCUT2D eigenvalue weighted by atomic mass is 32.2. The number of thioether (sulfide) groups is 1. The van der Waals surface area contributed by atoms with Gasteiger partial charge < -0.3 is 15.1 Å². The summed E-state index contributed by atoms with van der Waals surface area (Å²) in [5.74, 6) is 3.01. The molecule has 0 atom stereocenters. The Kier molecular flexibility index (Phi) is 8.80. The molecule has 3 N–H and O–H groups in total. The van der Waals surface area contributed by atoms with Crippen molar-refractivity contribution in [1.29, 1.82) is 5.26 Å². The quantitative estimate of drug-likeness (QED) is 0.201. The molecule has 2 aromatic rings. The highest BCUT2D eigenvalue weighted by molar-refractivity contribution is 7.98. The molecule has 7 nitrogen and oxygen atoms in total. The summed E-state index contributed by atoms with van der Waals surface area (Å²) in [5.41, 5.74) is 3.15. The van der Waals surface area contributed by atoms with Crippen molar-refractivity contribution in [3.05, 3.63) is 53.8 Å². The summed E-state index contributed by atoms with van der Waals surface area (Å²) in [5, 5.41) is 17.6. The van der Waals surface area contributed by atoms with Gasteiger partial charge in [0.1, 0.15) is 5.76 Å². The van der Waals surface area contributed by atoms with E-state index in [2.05, 4.69) is 25.9 Å². The molecule has 27 heavy (non-hydrogen) atoms. The van der Waals surface area contributed by atoms with Crippen LogP contribution in [0.5, 0.6) is 0 Å². The van der Waals surface area contributed by atoms with Crippen molar-refractivity contribution in [1.82, 2.24) is 15.6 Å². The van der Waals surface area contributed by atoms with Crippen LogP contribution < -0.4 is 16.0 Å². The minimum Gasteiger partial charge on any atom is -0.448 e. The second-order valence-electron chi connectivity index (χ2n) is 5.54. The number of aliphatic imine (C=N–C) groups is 1. The van der Waals surface area contributed by atoms with Gasteiger partial charge in [-0.2, -0.15) is 17.0 Å². The lowest BCUT2D eigenvalue weighted by Gasteiger charge is -2.07. The summed E-state index contributed by atoms with van der Waals surface area (Å²) < 4.78 is 5.18. The van der Waals surface area contributed by atoms with Gasteiger partial charge in [-0.05, 0) is 24.6 Å². The fraction of sp³-hybridized carbons (Fsp3) is 0.316. The number of guanidine groups is 1. The van der Waals surface area contributed by atoms with Crippen molar-refractivity contribution < 1.29 is 4.42 Å². The zero-order valence-electron chi connectivity index (χ0n) is 15.5. The van der Waals surface area contributed by atoms with Crippen LogP contribution in [0, 0.1) is 18.4 Å². The van der Waals surface area contributed by atoms with Crippen LogP contribution in [0.25, 0.3) is 6.08 Å². The molecule has 1 aromatic carbocycles. The number of rotatable bonds is 9. The van der Waals surface area contributed by atoms with Gasteiger partial charge in [0.15, 0.2) is 12.6 Å². The van der Waals surface area contributed by atoms with Crippen LogP contribution in [0.15, 0.2) is 46.1 Å². The number of hydrogen-bond donors (Lipinski definition) is 3. The van der Waals surface area contributed by atoms with Gasteiger partial charge in [-0.1, -0.05) is 24.3 Å². The molecule has 0 amide bonds. The Labute approximate surface area is 164 Å². The third-order valence-electron chi connectivity index (χ3n) is 3.66. The van der Waals surface area contributed by atoms with E-state index in [1.54, 1.807) is 11.8 Å². The van der Waals surface area contributed by atoms with Gasteiger partial charge in [0.05, 0.1) is 12.2 Å². The lowest BCUT2D eigenvalue weighted by molar-refractivity contribution is 0.525. The van der Waals surface area contributed by atoms with E-state index in [9.17, 15) is 0 Å². The van der Waals surface area contributed by atoms with E-state index in [-0.39, 0.29) is 0 Å². The number of nitrogens with one attached hydrogen (secondary N) is 3. The summed E-state index contributed by atoms with van der Waals surface area (Å²) in [7, 11) is 1.89. The molecule has 0 aliphatic heterocycles. The smallest absolute Gasteiger partial charge is 0.205 e. The molecule has 2 rings (SSSR count). The average molecular weight is 385 g/mol. The maximum atomic E-state index is 8.85. The van der Waals surface area contributed by atoms with E-state index < -0.39 is 0 Å². The Morgan fingerprint density at radius 3 is 2.85 bits per heavy atom. The zero-order valence-corrected chi connectivity index (χ0v) is 16.3. The number of hydrogen-bond acceptors (Lipinski definition) is 6. The first kappa shape index (κ1) is 20.4. The van der Waals surface area contributed by atoms with Gasteiger partial charge in [-0.3, -0.25) is 5.32 Å². The monoisotopic (exact) mass is 384 g/mol. The predicted molar refractivity (Wildman–Crippen MR) is 111 cm³/mol. The lowest BCUT2D eigenvalue weighted by atomic mass is 10.2. The average Bonchev–Trinajstić information content (AvgIpc) is 3.10. The van der Waals surface area contributed by atoms with E-state index >= 15 is 0 Å². The van der Waals surface area contributed by atoms with Gasteiger partial charge in [-0.25, -0.2) is 9.98 Å². The van der Waals surface area contributed by atoms with Crippen LogP contribution in [0.1, 0.15) is 17.0 Å². The normalized spacial score (nSPS) is 11.4. The molecule has 0 saturated carbocycles. The van der Waals surface area contributed by atoms with Crippen LogP contribution in [0.4, 0.5) is 5.69 Å². The fourth-order valence-electron chi connectivity index (χ4n) is 2.16. The minimum absolute atomic E-state index is 0.478. The van der Waals surface area contributed by atoms with Crippen molar-refractivity contribution >= 4 is 29.5 Å². The number of aryl methyl sites for hydroxylation is 1. The first-order valence-electron chi connectivity index (χ1n) is 8.57. The molecule has 0 aliphatic carbocycles. The van der Waals surface area contributed by atoms with Gasteiger partial charge in [0.2, 0.25) is 5.96 Å². The number of nitrogens with zero attached hydrogens (tertiary/aromatic N) is 3. The highest BCUT2D eigenvalue weighted by Gasteiger charge is 2.03. The SMILES string of the molecule is CNc1ccc(C=CCN=C(NC#N)NCCSCc2ncoc2C)cc1. The molecule has 0 radical (unpaired) electrons. The van der Waals surface area contributed by atoms with Gasteiger partial charge in [0, 0.05) is 30.8 Å². The first-order valence-corrected chi connectivity index (χ1v) is 9.73. The zero-order chi connectivity index (χ0) is 19.3. The number of anilines is 1. The molecular formula is C19H24N6OS. The van der Waals surface area contributed by atoms with E-state index in [0.717, 1.165) is 34.2 Å². The standard InChI is InChI=1S/C19H24N6OS/c1-15-18(25-14-26-15)12-27-11-10-23-19(24-13-20)22-9-3-4-16-5-7-17(21-2)8-6-16/h3-8,14,21H,9-12H2,1-2H3,(H2,22,23,24). The molecule has 0 bridgehead atoms. The van der Waals surface area contributed by atoms with E-state index in [4.69, 9.17) is 9.68 Å². The van der Waals surface area contributed by atoms with Gasteiger partial charge >= 0.3 is 0 Å². The Morgan fingerprint density at radius 2 is 2.19 bits per heavy atom. The minimum atomic E-state index is 0.478. The number of benzene rings is 1. The number of nitriles is 1. The summed E-state index contributed by atoms with van der Waals surface area (Å²) in [4.78, 5) is 8.52. The van der Waals surface area contributed by atoms with Gasteiger partial charge in [-0.15, -0.1) is 0 Å². The van der Waals surface area contributed by atoms with Crippen LogP contribution in [-0.4, -0.2) is 36.8 Å². The molecule has 1 heterocycles. The first-order chi connectivity index (χ1) is 13.2. The maximum absolute atomic E-state index is 8.85. The van der Waals surface area contributed by atoms with Crippen LogP contribution in [0.2, 0.25) is 0 Å². The number of aromatic nitrogens is 1. The molecule has 0 fully saturated rings. The topological polar surface area (TPSA) is 98.3 Å². The summed E-state index contributed by atoms with van der Waals surface area (Å²) in [6, 6.07) is 8.11. The predicted octanol–water partition coefficient (Wildman–Crippen LogP) is 2.99. The highest BCUT2D eigenvalue weighted by Crippen LogP contribution is 2.13. The molecule has 0 unspecified atom stereocenters. The summed E-state index contributed by atoms with van der Waals surface area (Å²) in [6.45, 7) is 3.09. The number of oxazole rings is 1. The van der Waals surface area contributed by atoms with Crippen molar-refractivity contribution in [2.75, 3.05) is 31.2 Å². The molecule has 142 valence electrons. The maximum Gasteiger partial charge on any atom is 0.205 e. The van der Waals surface area contributed by atoms with Crippen molar-refractivity contribution in [2.24, 2.45) is 4.99 Å². The van der Waals surface area contributed by atoms with Crippen molar-refractivity contribution in [3.63, 3.8) is 0 Å². The summed E-state index contributed by atoms with van der Waals surface area (Å²) in [6.07, 6.45) is 7.33. The third-order valence-corrected chi connectivity index (χ3v) is 4.63. The molecule has 1 aromatic heterocycles. The van der Waals surface area contributed by atoms with Crippen LogP contribution in [0.3, 0.4) is 0 Å². The fourth-order valence-corrected chi connectivity index (χ4v) is 3.03. The third kappa shape index (κ3) is 7.46. The molecular weight excluding hydrogens is 360 g/mol. The van der Waals surface area contributed by atoms with Crippen molar-refractivity contribution in [3.8, 4) is 6.19 Å². The Bertz CT molecular complexity index is 791. The van der Waals surface area contributed by atoms with E-state index in [1.165, 1.54) is 6.39 Å². The molecule has 0 spiro atoms. The Hall–Kier alpha value is -2.92. The Morgan fingerprint density at radius 1 is 1.37 bits per heavy atom. The molecule has 8 heteroatoms. The van der Waals surface area contributed by atoms with Gasteiger partial charge in [0.25, 0.3) is 0 Å². The molecule has 0 aliphatic rings. The van der Waals surface area contributed by atoms with Crippen molar-refractivity contribution in [2.45, 2.75) is 12.7 Å². The second-order valence-corrected chi connectivity index (χ2v) is 6.64. The second kappa shape index (κ2) is 11.6. The molecule has 0 saturated heterocycles. The van der Waals surface area contributed by atoms with Crippen LogP contribution >= 0.6 is 11.8 Å². The van der Waals surface area contributed by atoms with E-state index in [0.29, 0.717) is 19.0 Å². The largest absolute Gasteiger partial charge is 0.448 e. The van der Waals surface area contributed by atoms with E-state index in [1.807, 2.05) is 56.6 Å². The lowest BCUT2D eigenvalue weighted by Crippen LogP contribution is -2.36. The Balaban J connectivity index is 1.72.